The van der Waals surface area contributed by atoms with Crippen molar-refractivity contribution in [2.75, 3.05) is 13.2 Å². The fourth-order valence-corrected chi connectivity index (χ4v) is 1.32. The first kappa shape index (κ1) is 8.79. The van der Waals surface area contributed by atoms with Crippen LogP contribution in [0.25, 0.3) is 0 Å². The second-order valence-corrected chi connectivity index (χ2v) is 3.19. The van der Waals surface area contributed by atoms with Crippen molar-refractivity contribution < 1.29 is 4.74 Å². The molecule has 0 amide bonds. The molecule has 0 N–H and O–H groups in total. The van der Waals surface area contributed by atoms with Gasteiger partial charge in [0.1, 0.15) is 0 Å². The number of ether oxygens (including phenoxy) is 1. The van der Waals surface area contributed by atoms with Gasteiger partial charge in [0.2, 0.25) is 0 Å². The van der Waals surface area contributed by atoms with Gasteiger partial charge in [0.25, 0.3) is 0 Å². The minimum atomic E-state index is 0.715. The zero-order valence-electron chi connectivity index (χ0n) is 7.38. The largest absolute Gasteiger partial charge is 0.381 e. The van der Waals surface area contributed by atoms with Gasteiger partial charge in [-0.15, -0.1) is 0 Å². The van der Waals surface area contributed by atoms with E-state index in [9.17, 15) is 0 Å². The van der Waals surface area contributed by atoms with E-state index in [-0.39, 0.29) is 0 Å². The molecule has 0 fully saturated rings. The molecule has 64 valence electrons. The Hall–Kier alpha value is -0.300. The molecule has 0 aliphatic heterocycles. The predicted molar refractivity (Wildman–Crippen MR) is 47.6 cm³/mol. The molecule has 0 aromatic carbocycles. The molecule has 0 saturated carbocycles. The summed E-state index contributed by atoms with van der Waals surface area (Å²) in [6.45, 7) is 4.08. The van der Waals surface area contributed by atoms with Gasteiger partial charge >= 0.3 is 0 Å². The smallest absolute Gasteiger partial charge is 0.0528 e. The monoisotopic (exact) mass is 154 g/mol. The van der Waals surface area contributed by atoms with E-state index in [2.05, 4.69) is 19.1 Å². The van der Waals surface area contributed by atoms with E-state index in [0.717, 1.165) is 13.2 Å². The second-order valence-electron chi connectivity index (χ2n) is 3.19. The molecule has 1 nitrogen and oxygen atoms in total. The lowest BCUT2D eigenvalue weighted by atomic mass is 10.1. The molecule has 0 heterocycles. The summed E-state index contributed by atoms with van der Waals surface area (Å²) in [5.74, 6) is 0.715. The van der Waals surface area contributed by atoms with Crippen LogP contribution in [0.1, 0.15) is 32.6 Å². The van der Waals surface area contributed by atoms with Crippen molar-refractivity contribution in [1.82, 2.24) is 0 Å². The highest BCUT2D eigenvalue weighted by atomic mass is 16.5. The van der Waals surface area contributed by atoms with Crippen LogP contribution in [-0.4, -0.2) is 13.2 Å². The highest BCUT2D eigenvalue weighted by molar-refractivity contribution is 4.95. The molecule has 11 heavy (non-hydrogen) atoms. The van der Waals surface area contributed by atoms with E-state index in [1.807, 2.05) is 0 Å². The summed E-state index contributed by atoms with van der Waals surface area (Å²) in [5.41, 5.74) is 0. The number of hydrogen-bond donors (Lipinski definition) is 0. The lowest BCUT2D eigenvalue weighted by Crippen LogP contribution is -2.05. The lowest BCUT2D eigenvalue weighted by molar-refractivity contribution is 0.110. The van der Waals surface area contributed by atoms with Gasteiger partial charge < -0.3 is 4.74 Å². The third kappa shape index (κ3) is 3.57. The standard InChI is InChI=1S/C10H18O/c1-2-3-8-11-9-10-6-4-5-7-10/h4,6,10H,2-3,5,7-9H2,1H3/t10-/m0/s1. The molecular formula is C10H18O. The van der Waals surface area contributed by atoms with Crippen LogP contribution in [0.15, 0.2) is 12.2 Å². The maximum atomic E-state index is 5.51. The minimum absolute atomic E-state index is 0.715. The molecule has 0 aromatic rings. The van der Waals surface area contributed by atoms with Crippen molar-refractivity contribution in [2.24, 2.45) is 5.92 Å². The maximum Gasteiger partial charge on any atom is 0.0528 e. The molecule has 1 heteroatoms. The van der Waals surface area contributed by atoms with E-state index in [1.54, 1.807) is 0 Å². The van der Waals surface area contributed by atoms with Crippen LogP contribution in [0.2, 0.25) is 0 Å². The van der Waals surface area contributed by atoms with Crippen LogP contribution in [0.3, 0.4) is 0 Å². The summed E-state index contributed by atoms with van der Waals surface area (Å²) in [5, 5.41) is 0. The van der Waals surface area contributed by atoms with Gasteiger partial charge in [0.15, 0.2) is 0 Å². The van der Waals surface area contributed by atoms with Crippen molar-refractivity contribution in [3.63, 3.8) is 0 Å². The van der Waals surface area contributed by atoms with Crippen LogP contribution in [0, 0.1) is 5.92 Å². The number of allylic oxidation sites excluding steroid dienone is 1. The summed E-state index contributed by atoms with van der Waals surface area (Å²) < 4.78 is 5.51. The molecule has 1 atom stereocenters. The number of rotatable bonds is 5. The Bertz CT molecular complexity index is 118. The molecule has 0 unspecified atom stereocenters. The van der Waals surface area contributed by atoms with E-state index < -0.39 is 0 Å². The molecular weight excluding hydrogens is 136 g/mol. The van der Waals surface area contributed by atoms with E-state index in [0.29, 0.717) is 5.92 Å². The highest BCUT2D eigenvalue weighted by Crippen LogP contribution is 2.16. The zero-order chi connectivity index (χ0) is 7.94. The van der Waals surface area contributed by atoms with Gasteiger partial charge in [-0.3, -0.25) is 0 Å². The van der Waals surface area contributed by atoms with Crippen LogP contribution < -0.4 is 0 Å². The summed E-state index contributed by atoms with van der Waals surface area (Å²) in [6, 6.07) is 0. The molecule has 0 spiro atoms. The second kappa shape index (κ2) is 5.36. The van der Waals surface area contributed by atoms with Gasteiger partial charge in [0.05, 0.1) is 6.61 Å². The summed E-state index contributed by atoms with van der Waals surface area (Å²) >= 11 is 0. The number of unbranched alkanes of at least 4 members (excludes halogenated alkanes) is 1. The maximum absolute atomic E-state index is 5.51. The topological polar surface area (TPSA) is 9.23 Å². The summed E-state index contributed by atoms with van der Waals surface area (Å²) in [6.07, 6.45) is 9.53. The van der Waals surface area contributed by atoms with Crippen LogP contribution in [-0.2, 0) is 4.74 Å². The third-order valence-corrected chi connectivity index (χ3v) is 2.09. The Morgan fingerprint density at radius 2 is 2.45 bits per heavy atom. The van der Waals surface area contributed by atoms with E-state index in [4.69, 9.17) is 4.74 Å². The Labute approximate surface area is 69.4 Å². The van der Waals surface area contributed by atoms with E-state index in [1.165, 1.54) is 25.7 Å². The quantitative estimate of drug-likeness (QED) is 0.437. The average Bonchev–Trinajstić information content (AvgIpc) is 2.50. The average molecular weight is 154 g/mol. The zero-order valence-corrected chi connectivity index (χ0v) is 7.38. The Morgan fingerprint density at radius 1 is 1.55 bits per heavy atom. The molecule has 0 aromatic heterocycles. The first-order valence-electron chi connectivity index (χ1n) is 4.68. The molecule has 1 rings (SSSR count). The SMILES string of the molecule is CCCCOC[C@H]1C=CCC1. The Morgan fingerprint density at radius 3 is 3.09 bits per heavy atom. The lowest BCUT2D eigenvalue weighted by Gasteiger charge is -2.07. The molecule has 1 aliphatic carbocycles. The van der Waals surface area contributed by atoms with Crippen molar-refractivity contribution >= 4 is 0 Å². The van der Waals surface area contributed by atoms with Gasteiger partial charge in [-0.2, -0.15) is 0 Å². The normalized spacial score (nSPS) is 22.8. The first-order valence-corrected chi connectivity index (χ1v) is 4.68. The van der Waals surface area contributed by atoms with E-state index >= 15 is 0 Å². The predicted octanol–water partition coefficient (Wildman–Crippen LogP) is 2.77. The van der Waals surface area contributed by atoms with Crippen LogP contribution in [0.5, 0.6) is 0 Å². The molecule has 0 radical (unpaired) electrons. The molecule has 0 bridgehead atoms. The van der Waals surface area contributed by atoms with Gasteiger partial charge in [0, 0.05) is 12.5 Å². The van der Waals surface area contributed by atoms with Gasteiger partial charge in [-0.25, -0.2) is 0 Å². The summed E-state index contributed by atoms with van der Waals surface area (Å²) in [7, 11) is 0. The Balaban J connectivity index is 1.90. The first-order chi connectivity index (χ1) is 5.43. The van der Waals surface area contributed by atoms with Crippen molar-refractivity contribution in [2.45, 2.75) is 32.6 Å². The van der Waals surface area contributed by atoms with Crippen molar-refractivity contribution in [3.8, 4) is 0 Å². The van der Waals surface area contributed by atoms with Gasteiger partial charge in [-0.05, 0) is 19.3 Å². The minimum Gasteiger partial charge on any atom is -0.381 e. The van der Waals surface area contributed by atoms with Crippen LogP contribution in [0.4, 0.5) is 0 Å². The fourth-order valence-electron chi connectivity index (χ4n) is 1.32. The summed E-state index contributed by atoms with van der Waals surface area (Å²) in [4.78, 5) is 0. The van der Waals surface area contributed by atoms with Crippen molar-refractivity contribution in [3.05, 3.63) is 12.2 Å². The van der Waals surface area contributed by atoms with Gasteiger partial charge in [-0.1, -0.05) is 25.5 Å². The number of hydrogen-bond acceptors (Lipinski definition) is 1. The molecule has 0 saturated heterocycles. The van der Waals surface area contributed by atoms with Crippen molar-refractivity contribution in [1.29, 1.82) is 0 Å². The fraction of sp³-hybridized carbons (Fsp3) is 0.800. The van der Waals surface area contributed by atoms with Crippen LogP contribution >= 0.6 is 0 Å². The molecule has 1 aliphatic rings. The third-order valence-electron chi connectivity index (χ3n) is 2.09. The highest BCUT2D eigenvalue weighted by Gasteiger charge is 2.07. The Kier molecular flexibility index (Phi) is 4.29.